The lowest BCUT2D eigenvalue weighted by atomic mass is 10.1. The fourth-order valence-electron chi connectivity index (χ4n) is 1.75. The van der Waals surface area contributed by atoms with E-state index in [1.165, 1.54) is 10.4 Å². The molecule has 0 spiro atoms. The number of aromatic nitrogens is 1. The largest absolute Gasteiger partial charge is 0.398 e. The fraction of sp³-hybridized carbons (Fsp3) is 0.308. The van der Waals surface area contributed by atoms with Crippen molar-refractivity contribution in [2.24, 2.45) is 0 Å². The zero-order valence-corrected chi connectivity index (χ0v) is 11.0. The van der Waals surface area contributed by atoms with Crippen LogP contribution in [0.25, 0.3) is 0 Å². The van der Waals surface area contributed by atoms with Crippen LogP contribution in [0, 0.1) is 6.92 Å². The summed E-state index contributed by atoms with van der Waals surface area (Å²) in [5.74, 6) is 0. The van der Waals surface area contributed by atoms with Crippen LogP contribution in [-0.4, -0.2) is 16.9 Å². The molecule has 4 heteroatoms. The molecule has 0 aliphatic carbocycles. The number of nitrogens with two attached hydrogens (primary N) is 1. The van der Waals surface area contributed by atoms with Crippen molar-refractivity contribution in [3.63, 3.8) is 0 Å². The van der Waals surface area contributed by atoms with E-state index in [9.17, 15) is 0 Å². The number of aryl methyl sites for hydroxylation is 1. The Morgan fingerprint density at radius 2 is 2.06 bits per heavy atom. The molecule has 1 aromatic carbocycles. The summed E-state index contributed by atoms with van der Waals surface area (Å²) in [6.07, 6.45) is 0. The molecule has 0 aliphatic rings. The molecule has 0 saturated heterocycles. The van der Waals surface area contributed by atoms with Crippen molar-refractivity contribution in [3.8, 4) is 0 Å². The van der Waals surface area contributed by atoms with Gasteiger partial charge >= 0.3 is 0 Å². The number of hydrogen-bond acceptors (Lipinski definition) is 4. The minimum atomic E-state index is 0.861. The van der Waals surface area contributed by atoms with Gasteiger partial charge in [0.25, 0.3) is 0 Å². The van der Waals surface area contributed by atoms with Gasteiger partial charge in [-0.25, -0.2) is 4.98 Å². The van der Waals surface area contributed by atoms with Gasteiger partial charge in [-0.3, -0.25) is 4.90 Å². The number of thiazole rings is 1. The molecule has 0 unspecified atom stereocenters. The van der Waals surface area contributed by atoms with Crippen LogP contribution in [0.3, 0.4) is 0 Å². The minimum Gasteiger partial charge on any atom is -0.398 e. The average molecular weight is 247 g/mol. The number of para-hydroxylation sites is 1. The standard InChI is InChI=1S/C13H17N3S/c1-10-13(17-9-15-10)8-16(2)7-11-5-3-4-6-12(11)14/h3-6,9H,7-8,14H2,1-2H3. The maximum absolute atomic E-state index is 5.94. The lowest BCUT2D eigenvalue weighted by Crippen LogP contribution is -2.17. The van der Waals surface area contributed by atoms with E-state index in [-0.39, 0.29) is 0 Å². The van der Waals surface area contributed by atoms with Crippen LogP contribution in [0.5, 0.6) is 0 Å². The quantitative estimate of drug-likeness (QED) is 0.845. The molecule has 0 atom stereocenters. The van der Waals surface area contributed by atoms with Crippen molar-refractivity contribution in [3.05, 3.63) is 45.9 Å². The van der Waals surface area contributed by atoms with Gasteiger partial charge in [0.1, 0.15) is 0 Å². The molecule has 0 saturated carbocycles. The first-order chi connectivity index (χ1) is 8.16. The van der Waals surface area contributed by atoms with Crippen LogP contribution < -0.4 is 5.73 Å². The molecule has 0 radical (unpaired) electrons. The topological polar surface area (TPSA) is 42.2 Å². The summed E-state index contributed by atoms with van der Waals surface area (Å²) >= 11 is 1.71. The fourth-order valence-corrected chi connectivity index (χ4v) is 2.60. The molecule has 1 aromatic heterocycles. The van der Waals surface area contributed by atoms with Crippen LogP contribution in [-0.2, 0) is 13.1 Å². The molecule has 17 heavy (non-hydrogen) atoms. The van der Waals surface area contributed by atoms with Crippen LogP contribution in [0.15, 0.2) is 29.8 Å². The molecule has 2 N–H and O–H groups in total. The first-order valence-corrected chi connectivity index (χ1v) is 6.45. The second-order valence-electron chi connectivity index (χ2n) is 4.23. The molecule has 0 amide bonds. The van der Waals surface area contributed by atoms with Crippen LogP contribution >= 0.6 is 11.3 Å². The summed E-state index contributed by atoms with van der Waals surface area (Å²) in [5.41, 5.74) is 11.0. The third-order valence-electron chi connectivity index (χ3n) is 2.75. The second-order valence-corrected chi connectivity index (χ2v) is 5.17. The highest BCUT2D eigenvalue weighted by Crippen LogP contribution is 2.17. The van der Waals surface area contributed by atoms with Crippen LogP contribution in [0.4, 0.5) is 5.69 Å². The Labute approximate surface area is 106 Å². The molecule has 0 aliphatic heterocycles. The predicted octanol–water partition coefficient (Wildman–Crippen LogP) is 2.67. The smallest absolute Gasteiger partial charge is 0.0798 e. The van der Waals surface area contributed by atoms with Crippen molar-refractivity contribution in [2.75, 3.05) is 12.8 Å². The van der Waals surface area contributed by atoms with Gasteiger partial charge in [-0.1, -0.05) is 18.2 Å². The number of nitrogen functional groups attached to an aromatic ring is 1. The first-order valence-electron chi connectivity index (χ1n) is 5.57. The van der Waals surface area contributed by atoms with Crippen LogP contribution in [0.1, 0.15) is 16.1 Å². The summed E-state index contributed by atoms with van der Waals surface area (Å²) in [6, 6.07) is 8.01. The maximum atomic E-state index is 5.94. The lowest BCUT2D eigenvalue weighted by Gasteiger charge is -2.17. The average Bonchev–Trinajstić information content (AvgIpc) is 2.68. The Morgan fingerprint density at radius 1 is 1.29 bits per heavy atom. The van der Waals surface area contributed by atoms with E-state index in [0.717, 1.165) is 24.5 Å². The van der Waals surface area contributed by atoms with Gasteiger partial charge in [0.05, 0.1) is 11.2 Å². The summed E-state index contributed by atoms with van der Waals surface area (Å²) in [7, 11) is 2.10. The molecule has 2 rings (SSSR count). The van der Waals surface area contributed by atoms with E-state index in [4.69, 9.17) is 5.73 Å². The van der Waals surface area contributed by atoms with E-state index in [1.807, 2.05) is 23.7 Å². The van der Waals surface area contributed by atoms with Gasteiger partial charge in [0.2, 0.25) is 0 Å². The molecule has 1 heterocycles. The summed E-state index contributed by atoms with van der Waals surface area (Å²) < 4.78 is 0. The van der Waals surface area contributed by atoms with Gasteiger partial charge in [-0.05, 0) is 25.6 Å². The Hall–Kier alpha value is -1.39. The molecule has 0 bridgehead atoms. The number of rotatable bonds is 4. The van der Waals surface area contributed by atoms with Gasteiger partial charge in [-0.2, -0.15) is 0 Å². The minimum absolute atomic E-state index is 0.861. The number of nitrogens with zero attached hydrogens (tertiary/aromatic N) is 2. The summed E-state index contributed by atoms with van der Waals surface area (Å²) in [4.78, 5) is 7.84. The highest BCUT2D eigenvalue weighted by atomic mass is 32.1. The number of hydrogen-bond donors (Lipinski definition) is 1. The second kappa shape index (κ2) is 5.29. The predicted molar refractivity (Wildman–Crippen MR) is 72.9 cm³/mol. The third-order valence-corrected chi connectivity index (χ3v) is 3.67. The van der Waals surface area contributed by atoms with E-state index in [2.05, 4.69) is 29.9 Å². The highest BCUT2D eigenvalue weighted by molar-refractivity contribution is 7.09. The lowest BCUT2D eigenvalue weighted by molar-refractivity contribution is 0.321. The van der Waals surface area contributed by atoms with Crippen molar-refractivity contribution in [2.45, 2.75) is 20.0 Å². The zero-order valence-electron chi connectivity index (χ0n) is 10.2. The molecular formula is C13H17N3S. The molecule has 3 nitrogen and oxygen atoms in total. The van der Waals surface area contributed by atoms with Crippen molar-refractivity contribution in [1.29, 1.82) is 0 Å². The third kappa shape index (κ3) is 3.05. The normalized spacial score (nSPS) is 11.0. The molecule has 90 valence electrons. The highest BCUT2D eigenvalue weighted by Gasteiger charge is 2.07. The van der Waals surface area contributed by atoms with Crippen molar-refractivity contribution >= 4 is 17.0 Å². The maximum Gasteiger partial charge on any atom is 0.0798 e. The Bertz CT molecular complexity index is 493. The van der Waals surface area contributed by atoms with Crippen molar-refractivity contribution in [1.82, 2.24) is 9.88 Å². The van der Waals surface area contributed by atoms with Gasteiger partial charge in [-0.15, -0.1) is 11.3 Å². The number of benzene rings is 1. The van der Waals surface area contributed by atoms with E-state index >= 15 is 0 Å². The van der Waals surface area contributed by atoms with Crippen molar-refractivity contribution < 1.29 is 0 Å². The van der Waals surface area contributed by atoms with E-state index in [1.54, 1.807) is 11.3 Å². The van der Waals surface area contributed by atoms with E-state index < -0.39 is 0 Å². The van der Waals surface area contributed by atoms with Gasteiger partial charge in [0.15, 0.2) is 0 Å². The summed E-state index contributed by atoms with van der Waals surface area (Å²) in [5, 5.41) is 0. The van der Waals surface area contributed by atoms with Gasteiger partial charge < -0.3 is 5.73 Å². The SMILES string of the molecule is Cc1ncsc1CN(C)Cc1ccccc1N. The zero-order chi connectivity index (χ0) is 12.3. The molecule has 2 aromatic rings. The Balaban J connectivity index is 2.01. The number of anilines is 1. The Kier molecular flexibility index (Phi) is 3.76. The summed E-state index contributed by atoms with van der Waals surface area (Å²) in [6.45, 7) is 3.84. The molecule has 0 fully saturated rings. The first kappa shape index (κ1) is 12.1. The monoisotopic (exact) mass is 247 g/mol. The van der Waals surface area contributed by atoms with E-state index in [0.29, 0.717) is 0 Å². The molecular weight excluding hydrogens is 230 g/mol. The van der Waals surface area contributed by atoms with Gasteiger partial charge in [0, 0.05) is 23.7 Å². The Morgan fingerprint density at radius 3 is 2.71 bits per heavy atom. The van der Waals surface area contributed by atoms with Crippen LogP contribution in [0.2, 0.25) is 0 Å².